The van der Waals surface area contributed by atoms with E-state index >= 15 is 0 Å². The SMILES string of the molecule is NC(=O)Cc1cnc(Nc2ccc(N3CCN(c4ncccn4)CC3)cc2)cc1NCc1ccccc1. The first kappa shape index (κ1) is 24.1. The third-order valence-electron chi connectivity index (χ3n) is 6.30. The Kier molecular flexibility index (Phi) is 7.40. The number of nitrogens with one attached hydrogen (secondary N) is 2. The lowest BCUT2D eigenvalue weighted by Gasteiger charge is -2.36. The summed E-state index contributed by atoms with van der Waals surface area (Å²) in [5, 5.41) is 6.79. The highest BCUT2D eigenvalue weighted by Crippen LogP contribution is 2.25. The Labute approximate surface area is 216 Å². The zero-order valence-corrected chi connectivity index (χ0v) is 20.5. The summed E-state index contributed by atoms with van der Waals surface area (Å²) in [6, 6.07) is 22.2. The first-order chi connectivity index (χ1) is 18.1. The van der Waals surface area contributed by atoms with Crippen molar-refractivity contribution in [3.05, 3.63) is 96.4 Å². The van der Waals surface area contributed by atoms with Crippen LogP contribution in [0.1, 0.15) is 11.1 Å². The van der Waals surface area contributed by atoms with Crippen molar-refractivity contribution in [2.24, 2.45) is 5.73 Å². The third kappa shape index (κ3) is 6.32. The van der Waals surface area contributed by atoms with E-state index in [2.05, 4.69) is 71.8 Å². The van der Waals surface area contributed by atoms with E-state index in [1.165, 1.54) is 5.69 Å². The van der Waals surface area contributed by atoms with E-state index in [4.69, 9.17) is 5.73 Å². The summed E-state index contributed by atoms with van der Waals surface area (Å²) in [5.74, 6) is 1.08. The Morgan fingerprint density at radius 1 is 0.865 bits per heavy atom. The number of hydrogen-bond acceptors (Lipinski definition) is 8. The maximum absolute atomic E-state index is 11.6. The van der Waals surface area contributed by atoms with Gasteiger partial charge in [0, 0.05) is 80.0 Å². The number of hydrogen-bond donors (Lipinski definition) is 3. The van der Waals surface area contributed by atoms with Crippen LogP contribution < -0.4 is 26.2 Å². The fraction of sp³-hybridized carbons (Fsp3) is 0.214. The average Bonchev–Trinajstić information content (AvgIpc) is 2.94. The zero-order valence-electron chi connectivity index (χ0n) is 20.5. The number of carbonyl (C=O) groups excluding carboxylic acids is 1. The standard InChI is InChI=1S/C28H30N8O/c29-26(37)17-22-20-33-27(18-25(22)32-19-21-5-2-1-3-6-21)34-23-7-9-24(10-8-23)35-13-15-36(16-14-35)28-30-11-4-12-31-28/h1-12,18,20H,13-17,19H2,(H2,29,37)(H2,32,33,34). The molecule has 4 N–H and O–H groups in total. The predicted molar refractivity (Wildman–Crippen MR) is 147 cm³/mol. The zero-order chi connectivity index (χ0) is 25.5. The van der Waals surface area contributed by atoms with Gasteiger partial charge in [0.05, 0.1) is 6.42 Å². The van der Waals surface area contributed by atoms with Crippen molar-refractivity contribution in [3.63, 3.8) is 0 Å². The molecule has 0 unspecified atom stereocenters. The van der Waals surface area contributed by atoms with Gasteiger partial charge in [-0.25, -0.2) is 15.0 Å². The molecule has 5 rings (SSSR count). The van der Waals surface area contributed by atoms with Crippen LogP contribution in [0, 0.1) is 0 Å². The van der Waals surface area contributed by atoms with Crippen LogP contribution in [0.3, 0.4) is 0 Å². The number of nitrogens with zero attached hydrogens (tertiary/aromatic N) is 5. The highest BCUT2D eigenvalue weighted by atomic mass is 16.1. The minimum Gasteiger partial charge on any atom is -0.381 e. The molecule has 2 aromatic carbocycles. The van der Waals surface area contributed by atoms with Gasteiger partial charge >= 0.3 is 0 Å². The van der Waals surface area contributed by atoms with Gasteiger partial charge in [-0.1, -0.05) is 30.3 Å². The van der Waals surface area contributed by atoms with Gasteiger partial charge in [-0.15, -0.1) is 0 Å². The molecular formula is C28H30N8O. The molecular weight excluding hydrogens is 464 g/mol. The van der Waals surface area contributed by atoms with Crippen molar-refractivity contribution < 1.29 is 4.79 Å². The summed E-state index contributed by atoms with van der Waals surface area (Å²) >= 11 is 0. The van der Waals surface area contributed by atoms with Crippen LogP contribution >= 0.6 is 0 Å². The molecule has 0 atom stereocenters. The number of pyridine rings is 1. The Morgan fingerprint density at radius 2 is 1.57 bits per heavy atom. The minimum atomic E-state index is -0.391. The van der Waals surface area contributed by atoms with E-state index in [-0.39, 0.29) is 6.42 Å². The van der Waals surface area contributed by atoms with Crippen molar-refractivity contribution >= 4 is 34.7 Å². The largest absolute Gasteiger partial charge is 0.381 e. The van der Waals surface area contributed by atoms with Crippen LogP contribution in [0.2, 0.25) is 0 Å². The molecule has 0 saturated carbocycles. The molecule has 0 radical (unpaired) electrons. The van der Waals surface area contributed by atoms with Gasteiger partial charge in [0.2, 0.25) is 11.9 Å². The number of primary amides is 1. The van der Waals surface area contributed by atoms with E-state index in [0.29, 0.717) is 12.4 Å². The molecule has 1 saturated heterocycles. The molecule has 1 aliphatic rings. The molecule has 0 aliphatic carbocycles. The number of anilines is 5. The number of carbonyl (C=O) groups is 1. The van der Waals surface area contributed by atoms with E-state index in [0.717, 1.165) is 54.6 Å². The van der Waals surface area contributed by atoms with Gasteiger partial charge < -0.3 is 26.2 Å². The molecule has 0 spiro atoms. The van der Waals surface area contributed by atoms with Gasteiger partial charge in [0.15, 0.2) is 0 Å². The second-order valence-corrected chi connectivity index (χ2v) is 8.90. The van der Waals surface area contributed by atoms with Crippen LogP contribution in [-0.2, 0) is 17.8 Å². The van der Waals surface area contributed by atoms with E-state index < -0.39 is 5.91 Å². The average molecular weight is 495 g/mol. The molecule has 1 fully saturated rings. The summed E-state index contributed by atoms with van der Waals surface area (Å²) in [6.45, 7) is 4.21. The molecule has 37 heavy (non-hydrogen) atoms. The van der Waals surface area contributed by atoms with Crippen LogP contribution in [-0.4, -0.2) is 47.0 Å². The van der Waals surface area contributed by atoms with E-state index in [1.807, 2.05) is 30.3 Å². The number of benzene rings is 2. The van der Waals surface area contributed by atoms with Crippen molar-refractivity contribution in [1.29, 1.82) is 0 Å². The Bertz CT molecular complexity index is 1310. The van der Waals surface area contributed by atoms with Crippen LogP contribution in [0.4, 0.5) is 28.8 Å². The van der Waals surface area contributed by atoms with Crippen LogP contribution in [0.5, 0.6) is 0 Å². The van der Waals surface area contributed by atoms with Crippen molar-refractivity contribution in [1.82, 2.24) is 15.0 Å². The second-order valence-electron chi connectivity index (χ2n) is 8.90. The smallest absolute Gasteiger partial charge is 0.225 e. The Hall–Kier alpha value is -4.66. The quantitative estimate of drug-likeness (QED) is 0.324. The topological polar surface area (TPSA) is 112 Å². The molecule has 188 valence electrons. The molecule has 0 bridgehead atoms. The number of amides is 1. The maximum Gasteiger partial charge on any atom is 0.225 e. The molecule has 9 nitrogen and oxygen atoms in total. The third-order valence-corrected chi connectivity index (χ3v) is 6.30. The maximum atomic E-state index is 11.6. The lowest BCUT2D eigenvalue weighted by Crippen LogP contribution is -2.47. The highest BCUT2D eigenvalue weighted by molar-refractivity contribution is 5.79. The molecule has 4 aromatic rings. The predicted octanol–water partition coefficient (Wildman–Crippen LogP) is 3.58. The number of nitrogens with two attached hydrogens (primary N) is 1. The first-order valence-corrected chi connectivity index (χ1v) is 12.3. The summed E-state index contributed by atoms with van der Waals surface area (Å²) in [6.07, 6.45) is 5.39. The van der Waals surface area contributed by atoms with Crippen LogP contribution in [0.15, 0.2) is 85.3 Å². The fourth-order valence-corrected chi connectivity index (χ4v) is 4.36. The van der Waals surface area contributed by atoms with Crippen molar-refractivity contribution in [2.45, 2.75) is 13.0 Å². The van der Waals surface area contributed by atoms with Crippen LogP contribution in [0.25, 0.3) is 0 Å². The lowest BCUT2D eigenvalue weighted by atomic mass is 10.1. The highest BCUT2D eigenvalue weighted by Gasteiger charge is 2.19. The van der Waals surface area contributed by atoms with Crippen molar-refractivity contribution in [2.75, 3.05) is 46.6 Å². The van der Waals surface area contributed by atoms with E-state index in [9.17, 15) is 4.79 Å². The molecule has 3 heterocycles. The summed E-state index contributed by atoms with van der Waals surface area (Å²) in [7, 11) is 0. The number of rotatable bonds is 9. The van der Waals surface area contributed by atoms with Gasteiger partial charge in [-0.05, 0) is 35.9 Å². The fourth-order valence-electron chi connectivity index (χ4n) is 4.36. The second kappa shape index (κ2) is 11.4. The summed E-state index contributed by atoms with van der Waals surface area (Å²) in [4.78, 5) is 29.4. The number of piperazine rings is 1. The van der Waals surface area contributed by atoms with Gasteiger partial charge in [-0.3, -0.25) is 4.79 Å². The minimum absolute atomic E-state index is 0.128. The normalized spacial score (nSPS) is 13.3. The monoisotopic (exact) mass is 494 g/mol. The Balaban J connectivity index is 1.22. The molecule has 1 aliphatic heterocycles. The molecule has 2 aromatic heterocycles. The van der Waals surface area contributed by atoms with Gasteiger partial charge in [-0.2, -0.15) is 0 Å². The summed E-state index contributed by atoms with van der Waals surface area (Å²) < 4.78 is 0. The number of aromatic nitrogens is 3. The van der Waals surface area contributed by atoms with Gasteiger partial charge in [0.25, 0.3) is 0 Å². The first-order valence-electron chi connectivity index (χ1n) is 12.3. The Morgan fingerprint density at radius 3 is 2.27 bits per heavy atom. The van der Waals surface area contributed by atoms with Gasteiger partial charge in [0.1, 0.15) is 5.82 Å². The summed E-state index contributed by atoms with van der Waals surface area (Å²) in [5.41, 5.74) is 10.3. The molecule has 1 amide bonds. The lowest BCUT2D eigenvalue weighted by molar-refractivity contribution is -0.117. The molecule has 9 heteroatoms. The van der Waals surface area contributed by atoms with E-state index in [1.54, 1.807) is 18.6 Å². The van der Waals surface area contributed by atoms with Crippen molar-refractivity contribution in [3.8, 4) is 0 Å².